The quantitative estimate of drug-likeness (QED) is 0.220. The van der Waals surface area contributed by atoms with Crippen molar-refractivity contribution in [3.8, 4) is 0 Å². The van der Waals surface area contributed by atoms with E-state index in [-0.39, 0.29) is 18.3 Å². The third kappa shape index (κ3) is 9.29. The van der Waals surface area contributed by atoms with Crippen molar-refractivity contribution in [2.45, 2.75) is 84.2 Å². The van der Waals surface area contributed by atoms with Crippen LogP contribution in [0.15, 0.2) is 30.3 Å². The average Bonchev–Trinajstić information content (AvgIpc) is 2.83. The zero-order valence-electron chi connectivity index (χ0n) is 21.2. The van der Waals surface area contributed by atoms with E-state index < -0.39 is 54.0 Å². The molecule has 1 rings (SSSR count). The molecule has 0 fully saturated rings. The zero-order chi connectivity index (χ0) is 26.7. The van der Waals surface area contributed by atoms with Crippen LogP contribution in [0.1, 0.15) is 53.0 Å². The molecule has 7 N–H and O–H groups in total. The van der Waals surface area contributed by atoms with Crippen LogP contribution in [0.2, 0.25) is 0 Å². The maximum Gasteiger partial charge on any atom is 0.326 e. The van der Waals surface area contributed by atoms with Gasteiger partial charge in [-0.3, -0.25) is 14.4 Å². The van der Waals surface area contributed by atoms with Crippen LogP contribution in [0, 0.1) is 11.8 Å². The van der Waals surface area contributed by atoms with Gasteiger partial charge in [-0.15, -0.1) is 0 Å². The standard InChI is InChI=1S/C25H40N4O6/c1-6-14(3)20(23(32)27-18(25(34)35)13-17-11-9-8-10-12-17)29-24(33)21(15(4)7-2)28-22(31)19(26)16(5)30/h8-12,14-16,18-21,30H,6-7,13,26H2,1-5H3,(H,27,32)(H,28,31)(H,29,33)(H,34,35). The summed E-state index contributed by atoms with van der Waals surface area (Å²) in [5.41, 5.74) is 6.45. The molecule has 10 nitrogen and oxygen atoms in total. The smallest absolute Gasteiger partial charge is 0.326 e. The molecule has 0 aliphatic rings. The van der Waals surface area contributed by atoms with Gasteiger partial charge in [-0.05, 0) is 24.3 Å². The number of carbonyl (C=O) groups excluding carboxylic acids is 3. The van der Waals surface area contributed by atoms with Crippen LogP contribution >= 0.6 is 0 Å². The molecule has 0 saturated carbocycles. The molecule has 10 heteroatoms. The lowest BCUT2D eigenvalue weighted by atomic mass is 9.94. The van der Waals surface area contributed by atoms with Gasteiger partial charge in [-0.2, -0.15) is 0 Å². The minimum Gasteiger partial charge on any atom is -0.480 e. The minimum atomic E-state index is -1.21. The summed E-state index contributed by atoms with van der Waals surface area (Å²) >= 11 is 0. The number of aliphatic carboxylic acids is 1. The summed E-state index contributed by atoms with van der Waals surface area (Å²) < 4.78 is 0. The number of rotatable bonds is 14. The molecule has 0 aromatic heterocycles. The van der Waals surface area contributed by atoms with E-state index in [1.54, 1.807) is 38.1 Å². The number of carboxylic acids is 1. The first-order chi connectivity index (χ1) is 16.4. The first-order valence-electron chi connectivity index (χ1n) is 12.0. The first-order valence-corrected chi connectivity index (χ1v) is 12.0. The summed E-state index contributed by atoms with van der Waals surface area (Å²) in [5, 5.41) is 27.1. The highest BCUT2D eigenvalue weighted by atomic mass is 16.4. The van der Waals surface area contributed by atoms with Crippen molar-refractivity contribution in [3.63, 3.8) is 0 Å². The van der Waals surface area contributed by atoms with E-state index in [0.29, 0.717) is 12.8 Å². The number of nitrogens with one attached hydrogen (secondary N) is 3. The summed E-state index contributed by atoms with van der Waals surface area (Å²) in [6.07, 6.45) is 0.0843. The molecule has 7 unspecified atom stereocenters. The summed E-state index contributed by atoms with van der Waals surface area (Å²) in [7, 11) is 0. The lowest BCUT2D eigenvalue weighted by molar-refractivity contribution is -0.142. The summed E-state index contributed by atoms with van der Waals surface area (Å²) in [4.78, 5) is 50.5. The molecule has 35 heavy (non-hydrogen) atoms. The highest BCUT2D eigenvalue weighted by Gasteiger charge is 2.34. The van der Waals surface area contributed by atoms with Crippen molar-refractivity contribution in [3.05, 3.63) is 35.9 Å². The number of aliphatic hydroxyl groups excluding tert-OH is 1. The molecule has 1 aromatic rings. The molecule has 7 atom stereocenters. The molecule has 0 spiro atoms. The van der Waals surface area contributed by atoms with E-state index >= 15 is 0 Å². The van der Waals surface area contributed by atoms with Gasteiger partial charge in [0.05, 0.1) is 6.10 Å². The van der Waals surface area contributed by atoms with Crippen LogP contribution in [-0.4, -0.2) is 64.2 Å². The fourth-order valence-corrected chi connectivity index (χ4v) is 3.43. The number of carbonyl (C=O) groups is 4. The molecule has 0 radical (unpaired) electrons. The molecule has 0 heterocycles. The predicted molar refractivity (Wildman–Crippen MR) is 132 cm³/mol. The topological polar surface area (TPSA) is 171 Å². The minimum absolute atomic E-state index is 0.0892. The van der Waals surface area contributed by atoms with Gasteiger partial charge in [0.25, 0.3) is 0 Å². The summed E-state index contributed by atoms with van der Waals surface area (Å²) in [6, 6.07) is 4.53. The lowest BCUT2D eigenvalue weighted by Crippen LogP contribution is -2.60. The molecule has 0 aliphatic heterocycles. The number of hydrogen-bond acceptors (Lipinski definition) is 6. The Morgan fingerprint density at radius 2 is 1.29 bits per heavy atom. The molecule has 1 aromatic carbocycles. The maximum atomic E-state index is 13.2. The van der Waals surface area contributed by atoms with E-state index in [4.69, 9.17) is 5.73 Å². The molecular weight excluding hydrogens is 452 g/mol. The predicted octanol–water partition coefficient (Wildman–Crippen LogP) is 0.568. The molecule has 196 valence electrons. The molecular formula is C25H40N4O6. The molecule has 3 amide bonds. The molecule has 0 aliphatic carbocycles. The van der Waals surface area contributed by atoms with Gasteiger partial charge >= 0.3 is 5.97 Å². The van der Waals surface area contributed by atoms with Crippen LogP contribution in [0.25, 0.3) is 0 Å². The number of amides is 3. The Bertz CT molecular complexity index is 848. The fraction of sp³-hybridized carbons (Fsp3) is 0.600. The van der Waals surface area contributed by atoms with Crippen molar-refractivity contribution in [2.75, 3.05) is 0 Å². The van der Waals surface area contributed by atoms with Crippen LogP contribution in [0.3, 0.4) is 0 Å². The summed E-state index contributed by atoms with van der Waals surface area (Å²) in [6.45, 7) is 8.63. The van der Waals surface area contributed by atoms with Crippen molar-refractivity contribution >= 4 is 23.7 Å². The van der Waals surface area contributed by atoms with Gasteiger partial charge in [-0.25, -0.2) is 4.79 Å². The van der Waals surface area contributed by atoms with E-state index in [0.717, 1.165) is 5.56 Å². The highest BCUT2D eigenvalue weighted by molar-refractivity contribution is 5.94. The Morgan fingerprint density at radius 1 is 0.829 bits per heavy atom. The van der Waals surface area contributed by atoms with Gasteiger partial charge in [0.2, 0.25) is 17.7 Å². The highest BCUT2D eigenvalue weighted by Crippen LogP contribution is 2.13. The second-order valence-electron chi connectivity index (χ2n) is 9.10. The maximum absolute atomic E-state index is 13.2. The zero-order valence-corrected chi connectivity index (χ0v) is 21.2. The summed E-state index contributed by atoms with van der Waals surface area (Å²) in [5.74, 6) is -3.66. The van der Waals surface area contributed by atoms with Crippen molar-refractivity contribution < 1.29 is 29.4 Å². The Balaban J connectivity index is 3.06. The fourth-order valence-electron chi connectivity index (χ4n) is 3.43. The molecule has 0 bridgehead atoms. The third-order valence-corrected chi connectivity index (χ3v) is 6.31. The van der Waals surface area contributed by atoms with Gasteiger partial charge < -0.3 is 31.9 Å². The SMILES string of the molecule is CCC(C)C(NC(=O)C(N)C(C)O)C(=O)NC(C(=O)NC(Cc1ccccc1)C(=O)O)C(C)CC. The Hall–Kier alpha value is -2.98. The average molecular weight is 493 g/mol. The largest absolute Gasteiger partial charge is 0.480 e. The Kier molecular flexibility index (Phi) is 12.4. The number of aliphatic hydroxyl groups is 1. The number of nitrogens with two attached hydrogens (primary N) is 1. The number of hydrogen-bond donors (Lipinski definition) is 6. The molecule has 0 saturated heterocycles. The Morgan fingerprint density at radius 3 is 1.71 bits per heavy atom. The monoisotopic (exact) mass is 492 g/mol. The number of carboxylic acid groups (broad SMARTS) is 1. The lowest BCUT2D eigenvalue weighted by Gasteiger charge is -2.30. The van der Waals surface area contributed by atoms with Gasteiger partial charge in [0.15, 0.2) is 0 Å². The van der Waals surface area contributed by atoms with E-state index in [2.05, 4.69) is 16.0 Å². The van der Waals surface area contributed by atoms with E-state index in [1.165, 1.54) is 6.92 Å². The number of benzene rings is 1. The van der Waals surface area contributed by atoms with Crippen LogP contribution < -0.4 is 21.7 Å². The van der Waals surface area contributed by atoms with Crippen molar-refractivity contribution in [1.82, 2.24) is 16.0 Å². The van der Waals surface area contributed by atoms with Gasteiger partial charge in [0, 0.05) is 6.42 Å². The van der Waals surface area contributed by atoms with Gasteiger partial charge in [0.1, 0.15) is 24.2 Å². The normalized spacial score (nSPS) is 17.1. The first kappa shape index (κ1) is 30.1. The third-order valence-electron chi connectivity index (χ3n) is 6.31. The van der Waals surface area contributed by atoms with Gasteiger partial charge in [-0.1, -0.05) is 70.9 Å². The second kappa shape index (κ2) is 14.4. The van der Waals surface area contributed by atoms with Crippen LogP contribution in [-0.2, 0) is 25.6 Å². The van der Waals surface area contributed by atoms with E-state index in [9.17, 15) is 29.4 Å². The van der Waals surface area contributed by atoms with Crippen molar-refractivity contribution in [1.29, 1.82) is 0 Å². The Labute approximate surface area is 207 Å². The van der Waals surface area contributed by atoms with Crippen LogP contribution in [0.4, 0.5) is 0 Å². The van der Waals surface area contributed by atoms with Crippen LogP contribution in [0.5, 0.6) is 0 Å². The van der Waals surface area contributed by atoms with Crippen molar-refractivity contribution in [2.24, 2.45) is 17.6 Å². The van der Waals surface area contributed by atoms with E-state index in [1.807, 2.05) is 19.9 Å². The second-order valence-corrected chi connectivity index (χ2v) is 9.10.